The third-order valence-electron chi connectivity index (χ3n) is 6.18. The van der Waals surface area contributed by atoms with Crippen molar-refractivity contribution in [2.45, 2.75) is 39.3 Å². The molecule has 182 valence electrons. The van der Waals surface area contributed by atoms with E-state index in [-0.39, 0.29) is 86.8 Å². The van der Waals surface area contributed by atoms with Crippen molar-refractivity contribution in [2.75, 3.05) is 26.2 Å². The van der Waals surface area contributed by atoms with Crippen LogP contribution < -0.4 is 74.6 Å². The van der Waals surface area contributed by atoms with Gasteiger partial charge in [0, 0.05) is 49.7 Å². The maximum absolute atomic E-state index is 11.6. The molecule has 6 nitrogen and oxygen atoms in total. The van der Waals surface area contributed by atoms with Gasteiger partial charge in [0.1, 0.15) is 0 Å². The molecule has 2 aliphatic rings. The summed E-state index contributed by atoms with van der Waals surface area (Å²) in [4.78, 5) is 20.5. The smallest absolute Gasteiger partial charge is 0.387 e. The second-order valence-corrected chi connectivity index (χ2v) is 8.81. The zero-order valence-electron chi connectivity index (χ0n) is 21.1. The predicted octanol–water partition coefficient (Wildman–Crippen LogP) is 1.12. The van der Waals surface area contributed by atoms with Crippen molar-refractivity contribution in [2.24, 2.45) is 11.7 Å². The Morgan fingerprint density at radius 1 is 1.26 bits per heavy atom. The zero-order chi connectivity index (χ0) is 24.7. The maximum atomic E-state index is 11.6. The van der Waals surface area contributed by atoms with E-state index in [0.29, 0.717) is 18.0 Å². The van der Waals surface area contributed by atoms with E-state index in [1.54, 1.807) is 12.3 Å². The number of halogens is 1. The Balaban J connectivity index is 0.00000140. The van der Waals surface area contributed by atoms with Gasteiger partial charge < -0.3 is 15.7 Å². The minimum absolute atomic E-state index is 0. The zero-order valence-corrected chi connectivity index (χ0v) is 28.2. The van der Waals surface area contributed by atoms with E-state index in [0.717, 1.165) is 42.2 Å². The molecule has 1 aromatic heterocycles. The molecule has 1 saturated heterocycles. The molecule has 2 aromatic rings. The standard InChI is InChI=1S/C25H28ClN4O2.C2H6.Cs/c1-17-7-8-20(14-28-17)24(31)16-29-11-12-30(23(15-29)18-5-3-2-4-6-18)22-10-9-19(25(27)32)13-21(22)26;1-2;/h3-8,10,13-14,19,23-24,31H,9,11-12,15-16H2,1H3,(H2,27,32);1-2H3;/q-1;;+1/t19?,23-,24?;;/m0../s1. The summed E-state index contributed by atoms with van der Waals surface area (Å²) >= 11 is 6.60. The number of pyridine rings is 1. The molecule has 1 amide bonds. The number of allylic oxidation sites excluding steroid dienone is 2. The number of carbonyl (C=O) groups is 1. The quantitative estimate of drug-likeness (QED) is 0.477. The number of aryl methyl sites for hydroxylation is 1. The van der Waals surface area contributed by atoms with Gasteiger partial charge in [-0.3, -0.25) is 14.7 Å². The first-order chi connectivity index (χ1) is 16.4. The van der Waals surface area contributed by atoms with Gasteiger partial charge in [0.05, 0.1) is 22.8 Å². The molecule has 3 N–H and O–H groups in total. The summed E-state index contributed by atoms with van der Waals surface area (Å²) in [6.07, 6.45) is 5.47. The van der Waals surface area contributed by atoms with Gasteiger partial charge in [-0.1, -0.05) is 43.7 Å². The molecule has 35 heavy (non-hydrogen) atoms. The number of nitrogens with zero attached hydrogens (tertiary/aromatic N) is 3. The van der Waals surface area contributed by atoms with Gasteiger partial charge in [0.15, 0.2) is 0 Å². The number of rotatable bonds is 6. The largest absolute Gasteiger partial charge is 1.00 e. The van der Waals surface area contributed by atoms with Crippen LogP contribution in [0.5, 0.6) is 0 Å². The van der Waals surface area contributed by atoms with Gasteiger partial charge in [0.2, 0.25) is 5.91 Å². The van der Waals surface area contributed by atoms with Crippen LogP contribution in [0.4, 0.5) is 0 Å². The van der Waals surface area contributed by atoms with E-state index in [4.69, 9.17) is 17.3 Å². The van der Waals surface area contributed by atoms with Crippen LogP contribution in [0.3, 0.4) is 0 Å². The van der Waals surface area contributed by atoms with Crippen molar-refractivity contribution in [3.63, 3.8) is 0 Å². The van der Waals surface area contributed by atoms with Crippen LogP contribution in [-0.4, -0.2) is 52.0 Å². The fourth-order valence-corrected chi connectivity index (χ4v) is 4.68. The third kappa shape index (κ3) is 8.18. The van der Waals surface area contributed by atoms with Gasteiger partial charge in [0.25, 0.3) is 0 Å². The first-order valence-corrected chi connectivity index (χ1v) is 12.2. The second kappa shape index (κ2) is 15.0. The SMILES string of the molecule is CC.Cc1ccc(C(O)CN2CCN(C3=CCC(C(N)=O)C=C3Cl)[C@H](c3cc[c-]cc3)C2)cn1.[Cs+]. The summed E-state index contributed by atoms with van der Waals surface area (Å²) in [5.41, 5.74) is 9.31. The first-order valence-electron chi connectivity index (χ1n) is 11.8. The summed E-state index contributed by atoms with van der Waals surface area (Å²) in [7, 11) is 0. The number of carbonyl (C=O) groups excluding carboxylic acids is 1. The Hall–Kier alpha value is -0.618. The van der Waals surface area contributed by atoms with Crippen molar-refractivity contribution >= 4 is 17.5 Å². The molecular weight excluding hydrogens is 581 g/mol. The summed E-state index contributed by atoms with van der Waals surface area (Å²) in [6, 6.07) is 14.9. The van der Waals surface area contributed by atoms with Crippen LogP contribution >= 0.6 is 11.6 Å². The molecule has 2 heterocycles. The van der Waals surface area contributed by atoms with Gasteiger partial charge in [-0.2, -0.15) is 30.3 Å². The van der Waals surface area contributed by atoms with Crippen molar-refractivity contribution < 1.29 is 78.8 Å². The number of β-amino-alcohol motifs (C(OH)–C–C–N with tert-alkyl or cyclic N) is 1. The average Bonchev–Trinajstić information content (AvgIpc) is 2.86. The monoisotopic (exact) mass is 614 g/mol. The second-order valence-electron chi connectivity index (χ2n) is 8.40. The Labute approximate surface area is 273 Å². The number of nitrogens with two attached hydrogens (primary N) is 1. The van der Waals surface area contributed by atoms with Crippen LogP contribution in [0.15, 0.2) is 65.5 Å². The topological polar surface area (TPSA) is 82.7 Å². The number of aliphatic hydroxyl groups excluding tert-OH is 1. The van der Waals surface area contributed by atoms with E-state index in [1.807, 2.05) is 51.1 Å². The number of hydrogen-bond acceptors (Lipinski definition) is 5. The summed E-state index contributed by atoms with van der Waals surface area (Å²) in [5.74, 6) is -0.728. The van der Waals surface area contributed by atoms with E-state index >= 15 is 0 Å². The average molecular weight is 615 g/mol. The van der Waals surface area contributed by atoms with E-state index in [9.17, 15) is 9.90 Å². The molecule has 0 saturated carbocycles. The molecule has 3 atom stereocenters. The van der Waals surface area contributed by atoms with Crippen molar-refractivity contribution in [3.8, 4) is 0 Å². The Bertz CT molecular complexity index is 1010. The summed E-state index contributed by atoms with van der Waals surface area (Å²) in [5, 5.41) is 11.3. The number of amides is 1. The third-order valence-corrected chi connectivity index (χ3v) is 6.50. The van der Waals surface area contributed by atoms with E-state index in [2.05, 4.69) is 33.0 Å². The van der Waals surface area contributed by atoms with Gasteiger partial charge in [-0.25, -0.2) is 0 Å². The Morgan fingerprint density at radius 2 is 1.97 bits per heavy atom. The predicted molar refractivity (Wildman–Crippen MR) is 136 cm³/mol. The molecule has 4 rings (SSSR count). The Kier molecular flexibility index (Phi) is 13.1. The fourth-order valence-electron chi connectivity index (χ4n) is 4.35. The van der Waals surface area contributed by atoms with Crippen molar-refractivity contribution in [1.82, 2.24) is 14.8 Å². The van der Waals surface area contributed by atoms with Crippen molar-refractivity contribution in [3.05, 3.63) is 88.4 Å². The van der Waals surface area contributed by atoms with E-state index in [1.165, 1.54) is 0 Å². The molecule has 0 radical (unpaired) electrons. The van der Waals surface area contributed by atoms with Gasteiger partial charge >= 0.3 is 68.9 Å². The minimum atomic E-state index is -0.604. The number of benzene rings is 1. The van der Waals surface area contributed by atoms with Crippen LogP contribution in [-0.2, 0) is 4.79 Å². The summed E-state index contributed by atoms with van der Waals surface area (Å²) < 4.78 is 0. The van der Waals surface area contributed by atoms with Gasteiger partial charge in [-0.05, 0) is 19.4 Å². The molecule has 1 aliphatic carbocycles. The summed E-state index contributed by atoms with van der Waals surface area (Å²) in [6.45, 7) is 8.73. The van der Waals surface area contributed by atoms with Crippen molar-refractivity contribution in [1.29, 1.82) is 0 Å². The Morgan fingerprint density at radius 3 is 2.57 bits per heavy atom. The minimum Gasteiger partial charge on any atom is -0.387 e. The van der Waals surface area contributed by atoms with Gasteiger partial charge in [-0.15, -0.1) is 5.56 Å². The molecule has 8 heteroatoms. The molecule has 0 spiro atoms. The number of aliphatic hydroxyl groups is 1. The number of primary amides is 1. The van der Waals surface area contributed by atoms with Crippen LogP contribution in [0.1, 0.15) is 49.2 Å². The number of hydrogen-bond donors (Lipinski definition) is 2. The number of piperazine rings is 1. The molecule has 1 fully saturated rings. The van der Waals surface area contributed by atoms with Crippen LogP contribution in [0, 0.1) is 18.9 Å². The van der Waals surface area contributed by atoms with Crippen LogP contribution in [0.2, 0.25) is 0 Å². The molecule has 2 unspecified atom stereocenters. The fraction of sp³-hybridized carbons (Fsp3) is 0.407. The normalized spacial score (nSPS) is 21.0. The first kappa shape index (κ1) is 30.6. The molecule has 0 bridgehead atoms. The number of aromatic nitrogens is 1. The maximum Gasteiger partial charge on any atom is 1.00 e. The molecule has 1 aromatic carbocycles. The molecule has 1 aliphatic heterocycles. The van der Waals surface area contributed by atoms with E-state index < -0.39 is 6.10 Å². The van der Waals surface area contributed by atoms with Crippen LogP contribution in [0.25, 0.3) is 0 Å². The molecular formula is C27H34ClCsN4O2.